The fourth-order valence-corrected chi connectivity index (χ4v) is 3.54. The zero-order valence-corrected chi connectivity index (χ0v) is 20.3. The van der Waals surface area contributed by atoms with Crippen LogP contribution in [0.25, 0.3) is 0 Å². The van der Waals surface area contributed by atoms with Crippen LogP contribution in [0.2, 0.25) is 5.02 Å². The van der Waals surface area contributed by atoms with Crippen molar-refractivity contribution in [3.05, 3.63) is 58.1 Å². The lowest BCUT2D eigenvalue weighted by Gasteiger charge is -2.20. The van der Waals surface area contributed by atoms with Gasteiger partial charge in [-0.3, -0.25) is 9.59 Å². The summed E-state index contributed by atoms with van der Waals surface area (Å²) in [6.45, 7) is 0.427. The van der Waals surface area contributed by atoms with Gasteiger partial charge in [0.1, 0.15) is 5.75 Å². The van der Waals surface area contributed by atoms with E-state index in [0.717, 1.165) is 42.7 Å². The van der Waals surface area contributed by atoms with Gasteiger partial charge in [-0.15, -0.1) is 0 Å². The minimum Gasteiger partial charge on any atom is -0.487 e. The number of carboxylic acid groups (broad SMARTS) is 2. The maximum absolute atomic E-state index is 12.9. The second-order valence-electron chi connectivity index (χ2n) is 8.09. The Morgan fingerprint density at radius 3 is 2.11 bits per heavy atom. The van der Waals surface area contributed by atoms with Crippen molar-refractivity contribution < 1.29 is 46.5 Å². The number of hydrogen-bond acceptors (Lipinski definition) is 5. The maximum Gasteiger partial charge on any atom is 0.456 e. The number of halogens is 6. The van der Waals surface area contributed by atoms with Gasteiger partial charge in [0.25, 0.3) is 0 Å². The normalized spacial score (nSPS) is 13.5. The van der Waals surface area contributed by atoms with E-state index in [2.05, 4.69) is 15.4 Å². The molecule has 0 unspecified atom stereocenters. The number of benzene rings is 2. The van der Waals surface area contributed by atoms with Crippen LogP contribution in [0, 0.1) is 0 Å². The number of nitrogens with one attached hydrogen (secondary N) is 2. The Morgan fingerprint density at radius 1 is 0.946 bits per heavy atom. The molecule has 37 heavy (non-hydrogen) atoms. The third kappa shape index (κ3) is 9.69. The highest BCUT2D eigenvalue weighted by Gasteiger charge is 2.58. The van der Waals surface area contributed by atoms with E-state index >= 15 is 0 Å². The molecule has 13 heteroatoms. The first kappa shape index (κ1) is 30.1. The number of anilines is 1. The van der Waals surface area contributed by atoms with Crippen molar-refractivity contribution in [3.63, 3.8) is 0 Å². The van der Waals surface area contributed by atoms with Crippen molar-refractivity contribution in [2.45, 2.75) is 44.3 Å². The highest BCUT2D eigenvalue weighted by atomic mass is 35.5. The van der Waals surface area contributed by atoms with Gasteiger partial charge in [0.05, 0.1) is 23.6 Å². The lowest BCUT2D eigenvalue weighted by molar-refractivity contribution is -0.290. The number of aliphatic carboxylic acids is 2. The smallest absolute Gasteiger partial charge is 0.456 e. The van der Waals surface area contributed by atoms with Crippen molar-refractivity contribution in [1.82, 2.24) is 5.32 Å². The monoisotopic (exact) mass is 552 g/mol. The average molecular weight is 553 g/mol. The number of carbonyl (C=O) groups is 2. The molecule has 204 valence electrons. The summed E-state index contributed by atoms with van der Waals surface area (Å²) in [5.41, 5.74) is 4.06. The molecular formula is C24H26ClF5N2O5. The molecule has 0 fully saturated rings. The van der Waals surface area contributed by atoms with Crippen LogP contribution in [-0.2, 0) is 29.0 Å². The molecule has 7 nitrogen and oxygen atoms in total. The number of rotatable bonds is 9. The molecule has 3 rings (SSSR count). The van der Waals surface area contributed by atoms with Crippen LogP contribution in [0.1, 0.15) is 29.5 Å². The van der Waals surface area contributed by atoms with Crippen molar-refractivity contribution in [2.75, 3.05) is 25.0 Å². The summed E-state index contributed by atoms with van der Waals surface area (Å²) in [5.74, 6) is -7.11. The van der Waals surface area contributed by atoms with Gasteiger partial charge in [-0.25, -0.2) is 0 Å². The molecule has 0 amide bonds. The molecule has 0 aliphatic carbocycles. The van der Waals surface area contributed by atoms with Gasteiger partial charge in [-0.1, -0.05) is 29.8 Å². The number of hydrogen-bond donors (Lipinski definition) is 4. The Morgan fingerprint density at radius 2 is 1.54 bits per heavy atom. The average Bonchev–Trinajstić information content (AvgIpc) is 3.07. The summed E-state index contributed by atoms with van der Waals surface area (Å²) in [7, 11) is 0. The Kier molecular flexibility index (Phi) is 10.9. The van der Waals surface area contributed by atoms with Gasteiger partial charge in [0.15, 0.2) is 6.61 Å². The summed E-state index contributed by atoms with van der Waals surface area (Å²) < 4.78 is 67.0. The first-order valence-electron chi connectivity index (χ1n) is 11.1. The van der Waals surface area contributed by atoms with Gasteiger partial charge in [-0.2, -0.15) is 22.0 Å². The van der Waals surface area contributed by atoms with Crippen LogP contribution in [0.4, 0.5) is 27.6 Å². The quantitative estimate of drug-likeness (QED) is 0.319. The summed E-state index contributed by atoms with van der Waals surface area (Å²) in [6, 6.07) is 9.81. The minimum atomic E-state index is -5.64. The zero-order chi connectivity index (χ0) is 27.6. The van der Waals surface area contributed by atoms with E-state index in [1.807, 2.05) is 12.1 Å². The van der Waals surface area contributed by atoms with Gasteiger partial charge in [-0.05, 0) is 60.8 Å². The second-order valence-corrected chi connectivity index (χ2v) is 8.49. The van der Waals surface area contributed by atoms with Crippen LogP contribution in [0.3, 0.4) is 0 Å². The van der Waals surface area contributed by atoms with Crippen LogP contribution in [0.15, 0.2) is 36.4 Å². The lowest BCUT2D eigenvalue weighted by Crippen LogP contribution is -2.41. The van der Waals surface area contributed by atoms with E-state index in [1.165, 1.54) is 17.7 Å². The second kappa shape index (κ2) is 13.4. The van der Waals surface area contributed by atoms with E-state index < -0.39 is 30.6 Å². The van der Waals surface area contributed by atoms with E-state index in [4.69, 9.17) is 21.8 Å². The molecule has 4 N–H and O–H groups in total. The number of carboxylic acids is 2. The Labute approximate surface area is 214 Å². The van der Waals surface area contributed by atoms with E-state index in [9.17, 15) is 31.5 Å². The Balaban J connectivity index is 0.000000521. The molecule has 2 aromatic carbocycles. The van der Waals surface area contributed by atoms with Gasteiger partial charge < -0.3 is 25.6 Å². The summed E-state index contributed by atoms with van der Waals surface area (Å²) >= 11 is 6.36. The van der Waals surface area contributed by atoms with E-state index in [-0.39, 0.29) is 18.6 Å². The predicted octanol–water partition coefficient (Wildman–Crippen LogP) is 5.15. The largest absolute Gasteiger partial charge is 0.487 e. The van der Waals surface area contributed by atoms with Crippen molar-refractivity contribution in [2.24, 2.45) is 0 Å². The lowest BCUT2D eigenvalue weighted by atomic mass is 10.0. The summed E-state index contributed by atoms with van der Waals surface area (Å²) in [5, 5.41) is 23.1. The van der Waals surface area contributed by atoms with Crippen molar-refractivity contribution in [3.8, 4) is 5.75 Å². The molecule has 1 aliphatic rings. The summed E-state index contributed by atoms with van der Waals surface area (Å²) in [4.78, 5) is 19.3. The molecule has 0 bridgehead atoms. The standard InChI is InChI=1S/C20H20ClF5N2O.C4H6O4/c21-17-6-3-14-7-9-27-10-8-16(14)18(17)28-11-13-1-4-15(5-2-13)29-12-19(22,23)20(24,25)26;5-3(6)1-2-4(7)8/h1-6,27-28H,7-12H2;1-2H2,(H,5,6)(H,7,8). The molecule has 0 aromatic heterocycles. The fraction of sp³-hybridized carbons (Fsp3) is 0.417. The summed E-state index contributed by atoms with van der Waals surface area (Å²) in [6.07, 6.45) is -4.47. The highest BCUT2D eigenvalue weighted by Crippen LogP contribution is 2.36. The Bertz CT molecular complexity index is 1050. The molecule has 0 radical (unpaired) electrons. The minimum absolute atomic E-state index is 0.0599. The number of ether oxygens (including phenoxy) is 1. The molecule has 1 aliphatic heterocycles. The molecule has 2 aromatic rings. The third-order valence-corrected chi connectivity index (χ3v) is 5.58. The third-order valence-electron chi connectivity index (χ3n) is 5.26. The number of fused-ring (bicyclic) bond motifs is 1. The van der Waals surface area contributed by atoms with Crippen molar-refractivity contribution in [1.29, 1.82) is 0 Å². The predicted molar refractivity (Wildman–Crippen MR) is 127 cm³/mol. The fourth-order valence-electron chi connectivity index (χ4n) is 3.30. The number of alkyl halides is 5. The van der Waals surface area contributed by atoms with E-state index in [0.29, 0.717) is 11.6 Å². The molecule has 0 spiro atoms. The zero-order valence-electron chi connectivity index (χ0n) is 19.5. The first-order valence-corrected chi connectivity index (χ1v) is 11.5. The first-order chi connectivity index (χ1) is 17.3. The Hall–Kier alpha value is -3.12. The maximum atomic E-state index is 12.9. The van der Waals surface area contributed by atoms with Crippen LogP contribution in [-0.4, -0.2) is 53.9 Å². The van der Waals surface area contributed by atoms with Gasteiger partial charge in [0, 0.05) is 6.54 Å². The van der Waals surface area contributed by atoms with Crippen LogP contribution >= 0.6 is 11.6 Å². The van der Waals surface area contributed by atoms with Crippen LogP contribution < -0.4 is 15.4 Å². The highest BCUT2D eigenvalue weighted by molar-refractivity contribution is 6.33. The SMILES string of the molecule is FC(F)(F)C(F)(F)COc1ccc(CNc2c(Cl)ccc3c2CCNCC3)cc1.O=C(O)CCC(=O)O. The molecule has 0 saturated heterocycles. The van der Waals surface area contributed by atoms with E-state index in [1.54, 1.807) is 12.1 Å². The molecule has 0 atom stereocenters. The molecule has 1 heterocycles. The van der Waals surface area contributed by atoms with Crippen LogP contribution in [0.5, 0.6) is 5.75 Å². The molecule has 0 saturated carbocycles. The van der Waals surface area contributed by atoms with Crippen molar-refractivity contribution >= 4 is 29.2 Å². The van der Waals surface area contributed by atoms with Gasteiger partial charge >= 0.3 is 24.0 Å². The topological polar surface area (TPSA) is 108 Å². The van der Waals surface area contributed by atoms with Gasteiger partial charge in [0.2, 0.25) is 0 Å². The molecular weight excluding hydrogens is 527 g/mol.